The van der Waals surface area contributed by atoms with Crippen molar-refractivity contribution in [1.82, 2.24) is 15.0 Å². The number of rotatable bonds is 5. The van der Waals surface area contributed by atoms with Gasteiger partial charge in [0.25, 0.3) is 5.91 Å². The van der Waals surface area contributed by atoms with Crippen LogP contribution in [0.1, 0.15) is 15.9 Å². The van der Waals surface area contributed by atoms with E-state index in [1.54, 1.807) is 29.6 Å². The third-order valence-electron chi connectivity index (χ3n) is 4.32. The first-order valence-corrected chi connectivity index (χ1v) is 9.90. The lowest BCUT2D eigenvalue weighted by Gasteiger charge is -2.09. The van der Waals surface area contributed by atoms with E-state index in [9.17, 15) is 9.18 Å². The van der Waals surface area contributed by atoms with E-state index < -0.39 is 11.7 Å². The largest absolute Gasteiger partial charge is 0.481 e. The van der Waals surface area contributed by atoms with Crippen LogP contribution in [0.25, 0.3) is 22.6 Å². The van der Waals surface area contributed by atoms with Crippen LogP contribution in [0.5, 0.6) is 5.88 Å². The molecule has 0 aliphatic heterocycles. The highest BCUT2D eigenvalue weighted by atomic mass is 32.1. The molecule has 0 bridgehead atoms. The molecule has 0 aliphatic carbocycles. The zero-order chi connectivity index (χ0) is 21.8. The molecular weight excluding hydrogens is 417 g/mol. The van der Waals surface area contributed by atoms with Crippen molar-refractivity contribution in [2.75, 3.05) is 12.4 Å². The Hall–Kier alpha value is -4.16. The normalized spacial score (nSPS) is 10.4. The molecule has 1 amide bonds. The van der Waals surface area contributed by atoms with Crippen LogP contribution in [-0.2, 0) is 0 Å². The fourth-order valence-electron chi connectivity index (χ4n) is 2.86. The number of pyridine rings is 2. The highest BCUT2D eigenvalue weighted by Gasteiger charge is 2.19. The second kappa shape index (κ2) is 8.69. The Bertz CT molecular complexity index is 1320. The van der Waals surface area contributed by atoms with Gasteiger partial charge in [0.2, 0.25) is 5.88 Å². The first kappa shape index (κ1) is 20.1. The standard InChI is InChI=1S/C22H14FN5O2S/c1-30-19-6-2-5-17(26-19)18-12-31-22(27-18)28-21(29)14-4-3-9-25-20(14)15-10-13(11-24)7-8-16(15)23/h2-10,12H,1H3,(H,27,28,29). The summed E-state index contributed by atoms with van der Waals surface area (Å²) >= 11 is 1.23. The number of carbonyl (C=O) groups excluding carboxylic acids is 1. The highest BCUT2D eigenvalue weighted by Crippen LogP contribution is 2.28. The van der Waals surface area contributed by atoms with Crippen molar-refractivity contribution in [1.29, 1.82) is 5.26 Å². The van der Waals surface area contributed by atoms with Gasteiger partial charge in [0, 0.05) is 23.2 Å². The average molecular weight is 431 g/mol. The van der Waals surface area contributed by atoms with Gasteiger partial charge in [-0.1, -0.05) is 6.07 Å². The number of nitrogens with one attached hydrogen (secondary N) is 1. The predicted octanol–water partition coefficient (Wildman–Crippen LogP) is 4.54. The van der Waals surface area contributed by atoms with E-state index >= 15 is 0 Å². The molecule has 152 valence electrons. The van der Waals surface area contributed by atoms with E-state index in [1.165, 1.54) is 48.9 Å². The van der Waals surface area contributed by atoms with E-state index in [4.69, 9.17) is 10.00 Å². The summed E-state index contributed by atoms with van der Waals surface area (Å²) in [5, 5.41) is 13.9. The number of amides is 1. The summed E-state index contributed by atoms with van der Waals surface area (Å²) in [6.07, 6.45) is 1.46. The molecule has 7 nitrogen and oxygen atoms in total. The second-order valence-electron chi connectivity index (χ2n) is 6.26. The van der Waals surface area contributed by atoms with Gasteiger partial charge in [-0.3, -0.25) is 15.1 Å². The highest BCUT2D eigenvalue weighted by molar-refractivity contribution is 7.14. The quantitative estimate of drug-likeness (QED) is 0.498. The Kier molecular flexibility index (Phi) is 5.64. The minimum Gasteiger partial charge on any atom is -0.481 e. The first-order valence-electron chi connectivity index (χ1n) is 9.02. The van der Waals surface area contributed by atoms with Crippen LogP contribution >= 0.6 is 11.3 Å². The zero-order valence-electron chi connectivity index (χ0n) is 16.2. The molecule has 1 N–H and O–H groups in total. The maximum absolute atomic E-state index is 14.4. The summed E-state index contributed by atoms with van der Waals surface area (Å²) in [6, 6.07) is 14.3. The van der Waals surface area contributed by atoms with Crippen LogP contribution in [0, 0.1) is 17.1 Å². The number of nitrogens with zero attached hydrogens (tertiary/aromatic N) is 4. The molecule has 9 heteroatoms. The molecule has 0 unspecified atom stereocenters. The SMILES string of the molecule is COc1cccc(-c2csc(NC(=O)c3cccnc3-c3cc(C#N)ccc3F)n2)n1. The third kappa shape index (κ3) is 4.24. The Balaban J connectivity index is 1.63. The number of hydrogen-bond donors (Lipinski definition) is 1. The van der Waals surface area contributed by atoms with Gasteiger partial charge in [-0.2, -0.15) is 5.26 Å². The summed E-state index contributed by atoms with van der Waals surface area (Å²) in [5.41, 5.74) is 1.83. The van der Waals surface area contributed by atoms with Crippen molar-refractivity contribution < 1.29 is 13.9 Å². The van der Waals surface area contributed by atoms with Crippen LogP contribution in [-0.4, -0.2) is 28.0 Å². The molecule has 4 aromatic rings. The Labute approximate surface area is 180 Å². The van der Waals surface area contributed by atoms with Gasteiger partial charge in [-0.25, -0.2) is 14.4 Å². The summed E-state index contributed by atoms with van der Waals surface area (Å²) in [4.78, 5) is 25.8. The number of benzene rings is 1. The van der Waals surface area contributed by atoms with E-state index in [0.717, 1.165) is 0 Å². The van der Waals surface area contributed by atoms with Crippen LogP contribution in [0.4, 0.5) is 9.52 Å². The van der Waals surface area contributed by atoms with E-state index in [-0.39, 0.29) is 22.4 Å². The van der Waals surface area contributed by atoms with Crippen molar-refractivity contribution in [3.8, 4) is 34.6 Å². The molecule has 31 heavy (non-hydrogen) atoms. The number of thiazole rings is 1. The number of methoxy groups -OCH3 is 1. The summed E-state index contributed by atoms with van der Waals surface area (Å²) in [5.74, 6) is -0.616. The lowest BCUT2D eigenvalue weighted by atomic mass is 10.0. The minimum atomic E-state index is -0.576. The molecule has 0 atom stereocenters. The molecule has 3 aromatic heterocycles. The summed E-state index contributed by atoms with van der Waals surface area (Å²) < 4.78 is 19.5. The number of aromatic nitrogens is 3. The van der Waals surface area contributed by atoms with Gasteiger partial charge in [0.1, 0.15) is 11.5 Å². The van der Waals surface area contributed by atoms with Gasteiger partial charge < -0.3 is 4.74 Å². The zero-order valence-corrected chi connectivity index (χ0v) is 17.0. The third-order valence-corrected chi connectivity index (χ3v) is 5.08. The fraction of sp³-hybridized carbons (Fsp3) is 0.0455. The molecule has 0 fully saturated rings. The lowest BCUT2D eigenvalue weighted by Crippen LogP contribution is -2.14. The monoisotopic (exact) mass is 431 g/mol. The van der Waals surface area contributed by atoms with Crippen molar-refractivity contribution in [2.24, 2.45) is 0 Å². The van der Waals surface area contributed by atoms with E-state index in [0.29, 0.717) is 22.4 Å². The number of ether oxygens (including phenoxy) is 1. The first-order chi connectivity index (χ1) is 15.1. The van der Waals surface area contributed by atoms with Gasteiger partial charge >= 0.3 is 0 Å². The number of carbonyl (C=O) groups is 1. The van der Waals surface area contributed by atoms with Gasteiger partial charge in [-0.15, -0.1) is 11.3 Å². The predicted molar refractivity (Wildman–Crippen MR) is 114 cm³/mol. The van der Waals surface area contributed by atoms with Crippen LogP contribution in [0.15, 0.2) is 60.1 Å². The van der Waals surface area contributed by atoms with Crippen molar-refractivity contribution in [2.45, 2.75) is 0 Å². The van der Waals surface area contributed by atoms with Gasteiger partial charge in [0.05, 0.1) is 35.7 Å². The minimum absolute atomic E-state index is 0.0743. The van der Waals surface area contributed by atoms with Crippen LogP contribution < -0.4 is 10.1 Å². The smallest absolute Gasteiger partial charge is 0.259 e. The van der Waals surface area contributed by atoms with E-state index in [2.05, 4.69) is 20.3 Å². The maximum Gasteiger partial charge on any atom is 0.259 e. The summed E-state index contributed by atoms with van der Waals surface area (Å²) in [7, 11) is 1.53. The molecule has 0 radical (unpaired) electrons. The number of halogens is 1. The molecule has 0 aliphatic rings. The van der Waals surface area contributed by atoms with Crippen LogP contribution in [0.3, 0.4) is 0 Å². The Morgan fingerprint density at radius 2 is 2.03 bits per heavy atom. The second-order valence-corrected chi connectivity index (χ2v) is 7.12. The van der Waals surface area contributed by atoms with Crippen LogP contribution in [0.2, 0.25) is 0 Å². The Morgan fingerprint density at radius 3 is 2.84 bits per heavy atom. The Morgan fingerprint density at radius 1 is 1.16 bits per heavy atom. The average Bonchev–Trinajstić information content (AvgIpc) is 3.28. The van der Waals surface area contributed by atoms with E-state index in [1.807, 2.05) is 6.07 Å². The van der Waals surface area contributed by atoms with Gasteiger partial charge in [0.15, 0.2) is 5.13 Å². The molecule has 4 rings (SSSR count). The number of hydrogen-bond acceptors (Lipinski definition) is 7. The number of anilines is 1. The molecule has 0 saturated heterocycles. The molecule has 1 aromatic carbocycles. The van der Waals surface area contributed by atoms with Crippen molar-refractivity contribution in [3.05, 3.63) is 77.1 Å². The summed E-state index contributed by atoms with van der Waals surface area (Å²) in [6.45, 7) is 0. The van der Waals surface area contributed by atoms with Gasteiger partial charge in [-0.05, 0) is 36.4 Å². The molecule has 0 spiro atoms. The maximum atomic E-state index is 14.4. The topological polar surface area (TPSA) is 101 Å². The number of nitriles is 1. The molecular formula is C22H14FN5O2S. The van der Waals surface area contributed by atoms with Crippen molar-refractivity contribution in [3.63, 3.8) is 0 Å². The molecule has 3 heterocycles. The lowest BCUT2D eigenvalue weighted by molar-refractivity contribution is 0.102. The van der Waals surface area contributed by atoms with Crippen molar-refractivity contribution >= 4 is 22.4 Å². The fourth-order valence-corrected chi connectivity index (χ4v) is 3.56. The molecule has 0 saturated carbocycles.